The van der Waals surface area contributed by atoms with E-state index in [-0.39, 0.29) is 12.1 Å². The van der Waals surface area contributed by atoms with Crippen molar-refractivity contribution in [1.29, 1.82) is 0 Å². The van der Waals surface area contributed by atoms with Gasteiger partial charge in [-0.1, -0.05) is 12.1 Å². The van der Waals surface area contributed by atoms with Crippen molar-refractivity contribution in [3.8, 4) is 0 Å². The topological polar surface area (TPSA) is 42.7 Å². The Morgan fingerprint density at radius 1 is 1.32 bits per heavy atom. The third-order valence-corrected chi connectivity index (χ3v) is 2.66. The average Bonchev–Trinajstić information content (AvgIpc) is 2.82. The number of nitrogens with zero attached hydrogens (tertiary/aromatic N) is 3. The van der Waals surface area contributed by atoms with Gasteiger partial charge in [0, 0.05) is 12.1 Å². The highest BCUT2D eigenvalue weighted by Gasteiger charge is 2.06. The molecule has 2 rings (SSSR count). The Hall–Kier alpha value is -1.82. The minimum atomic E-state index is -0.457. The van der Waals surface area contributed by atoms with Crippen LogP contribution in [0, 0.1) is 11.6 Å². The van der Waals surface area contributed by atoms with Crippen LogP contribution >= 0.6 is 0 Å². The van der Waals surface area contributed by atoms with Crippen LogP contribution in [0.2, 0.25) is 0 Å². The van der Waals surface area contributed by atoms with Crippen molar-refractivity contribution in [2.45, 2.75) is 26.4 Å². The standard InChI is InChI=1S/C13H16F2N4/c1-2-5-16-7-12-9-19(18-17-12)8-10-6-11(14)3-4-13(10)15/h3-4,6,9,16H,2,5,7-8H2,1H3. The molecule has 1 aromatic carbocycles. The molecule has 102 valence electrons. The third-order valence-electron chi connectivity index (χ3n) is 2.66. The average molecular weight is 266 g/mol. The van der Waals surface area contributed by atoms with Crippen LogP contribution in [0.4, 0.5) is 8.78 Å². The van der Waals surface area contributed by atoms with Crippen molar-refractivity contribution < 1.29 is 8.78 Å². The molecule has 1 aromatic heterocycles. The van der Waals surface area contributed by atoms with Gasteiger partial charge in [-0.15, -0.1) is 5.10 Å². The Morgan fingerprint density at radius 2 is 2.16 bits per heavy atom. The van der Waals surface area contributed by atoms with Crippen LogP contribution in [-0.2, 0) is 13.1 Å². The predicted octanol–water partition coefficient (Wildman–Crippen LogP) is 2.10. The number of aromatic nitrogens is 3. The van der Waals surface area contributed by atoms with Gasteiger partial charge >= 0.3 is 0 Å². The smallest absolute Gasteiger partial charge is 0.128 e. The maximum absolute atomic E-state index is 13.5. The molecule has 6 heteroatoms. The van der Waals surface area contributed by atoms with E-state index in [0.29, 0.717) is 6.54 Å². The molecule has 0 amide bonds. The molecule has 0 aliphatic carbocycles. The third kappa shape index (κ3) is 3.82. The fourth-order valence-corrected chi connectivity index (χ4v) is 1.73. The summed E-state index contributed by atoms with van der Waals surface area (Å²) in [5.41, 5.74) is 1.04. The molecule has 0 saturated carbocycles. The van der Waals surface area contributed by atoms with E-state index in [0.717, 1.165) is 30.8 Å². The summed E-state index contributed by atoms with van der Waals surface area (Å²) in [6.07, 6.45) is 2.77. The Bertz CT molecular complexity index is 539. The van der Waals surface area contributed by atoms with Gasteiger partial charge in [-0.25, -0.2) is 13.5 Å². The molecule has 0 bridgehead atoms. The lowest BCUT2D eigenvalue weighted by Gasteiger charge is -2.02. The van der Waals surface area contributed by atoms with E-state index in [2.05, 4.69) is 22.6 Å². The van der Waals surface area contributed by atoms with Crippen LogP contribution in [-0.4, -0.2) is 21.5 Å². The van der Waals surface area contributed by atoms with Crippen LogP contribution in [0.25, 0.3) is 0 Å². The molecule has 0 fully saturated rings. The SMILES string of the molecule is CCCNCc1cn(Cc2cc(F)ccc2F)nn1. The zero-order valence-electron chi connectivity index (χ0n) is 10.7. The largest absolute Gasteiger partial charge is 0.311 e. The van der Waals surface area contributed by atoms with E-state index in [4.69, 9.17) is 0 Å². The zero-order valence-corrected chi connectivity index (χ0v) is 10.7. The van der Waals surface area contributed by atoms with E-state index in [1.54, 1.807) is 6.20 Å². The first-order valence-corrected chi connectivity index (χ1v) is 6.22. The molecule has 1 N–H and O–H groups in total. The summed E-state index contributed by atoms with van der Waals surface area (Å²) in [4.78, 5) is 0. The van der Waals surface area contributed by atoms with Crippen molar-refractivity contribution >= 4 is 0 Å². The highest BCUT2D eigenvalue weighted by Crippen LogP contribution is 2.11. The highest BCUT2D eigenvalue weighted by atomic mass is 19.1. The number of rotatable bonds is 6. The van der Waals surface area contributed by atoms with E-state index in [1.807, 2.05) is 0 Å². The minimum Gasteiger partial charge on any atom is -0.311 e. The zero-order chi connectivity index (χ0) is 13.7. The summed E-state index contributed by atoms with van der Waals surface area (Å²) < 4.78 is 28.0. The first-order valence-electron chi connectivity index (χ1n) is 6.22. The van der Waals surface area contributed by atoms with E-state index >= 15 is 0 Å². The first-order chi connectivity index (χ1) is 9.19. The number of benzene rings is 1. The number of nitrogens with one attached hydrogen (secondary N) is 1. The van der Waals surface area contributed by atoms with Crippen molar-refractivity contribution in [3.63, 3.8) is 0 Å². The summed E-state index contributed by atoms with van der Waals surface area (Å²) in [7, 11) is 0. The van der Waals surface area contributed by atoms with Gasteiger partial charge in [0.15, 0.2) is 0 Å². The Kier molecular flexibility index (Phi) is 4.57. The van der Waals surface area contributed by atoms with Crippen molar-refractivity contribution in [2.24, 2.45) is 0 Å². The van der Waals surface area contributed by atoms with Crippen LogP contribution in [0.5, 0.6) is 0 Å². The summed E-state index contributed by atoms with van der Waals surface area (Å²) in [6, 6.07) is 3.39. The molecule has 0 atom stereocenters. The molecule has 0 radical (unpaired) electrons. The van der Waals surface area contributed by atoms with Gasteiger partial charge in [-0.05, 0) is 31.2 Å². The quantitative estimate of drug-likeness (QED) is 0.814. The lowest BCUT2D eigenvalue weighted by Crippen LogP contribution is -2.13. The van der Waals surface area contributed by atoms with E-state index in [9.17, 15) is 8.78 Å². The fourth-order valence-electron chi connectivity index (χ4n) is 1.73. The summed E-state index contributed by atoms with van der Waals surface area (Å²) in [6.45, 7) is 3.78. The van der Waals surface area contributed by atoms with E-state index < -0.39 is 11.6 Å². The van der Waals surface area contributed by atoms with Gasteiger partial charge in [0.2, 0.25) is 0 Å². The van der Waals surface area contributed by atoms with Gasteiger partial charge in [0.25, 0.3) is 0 Å². The second-order valence-corrected chi connectivity index (χ2v) is 4.32. The van der Waals surface area contributed by atoms with Crippen LogP contribution in [0.15, 0.2) is 24.4 Å². The molecule has 2 aromatic rings. The van der Waals surface area contributed by atoms with Gasteiger partial charge in [-0.3, -0.25) is 0 Å². The maximum Gasteiger partial charge on any atom is 0.128 e. The van der Waals surface area contributed by atoms with Crippen molar-refractivity contribution in [2.75, 3.05) is 6.54 Å². The Labute approximate surface area is 110 Å². The molecule has 4 nitrogen and oxygen atoms in total. The summed E-state index contributed by atoms with van der Waals surface area (Å²) in [5.74, 6) is -0.899. The summed E-state index contributed by atoms with van der Waals surface area (Å²) in [5, 5.41) is 11.1. The van der Waals surface area contributed by atoms with Gasteiger partial charge in [0.1, 0.15) is 11.6 Å². The minimum absolute atomic E-state index is 0.171. The normalized spacial score (nSPS) is 10.9. The lowest BCUT2D eigenvalue weighted by molar-refractivity contribution is 0.560. The first kappa shape index (κ1) is 13.6. The molecule has 0 unspecified atom stereocenters. The van der Waals surface area contributed by atoms with Gasteiger partial charge < -0.3 is 5.32 Å². The molecular formula is C13H16F2N4. The Morgan fingerprint density at radius 3 is 2.95 bits per heavy atom. The molecule has 0 saturated heterocycles. The lowest BCUT2D eigenvalue weighted by atomic mass is 10.2. The van der Waals surface area contributed by atoms with Crippen molar-refractivity contribution in [3.05, 3.63) is 47.3 Å². The van der Waals surface area contributed by atoms with Crippen molar-refractivity contribution in [1.82, 2.24) is 20.3 Å². The second kappa shape index (κ2) is 6.38. The van der Waals surface area contributed by atoms with Crippen LogP contribution in [0.1, 0.15) is 24.6 Å². The predicted molar refractivity (Wildman–Crippen MR) is 67.5 cm³/mol. The number of hydrogen-bond acceptors (Lipinski definition) is 3. The Balaban J connectivity index is 2.01. The van der Waals surface area contributed by atoms with E-state index in [1.165, 1.54) is 10.7 Å². The highest BCUT2D eigenvalue weighted by molar-refractivity contribution is 5.18. The van der Waals surface area contributed by atoms with Gasteiger partial charge in [-0.2, -0.15) is 0 Å². The molecule has 0 spiro atoms. The maximum atomic E-state index is 13.5. The fraction of sp³-hybridized carbons (Fsp3) is 0.385. The van der Waals surface area contributed by atoms with Crippen LogP contribution < -0.4 is 5.32 Å². The van der Waals surface area contributed by atoms with Gasteiger partial charge in [0.05, 0.1) is 18.4 Å². The monoisotopic (exact) mass is 266 g/mol. The number of halogens is 2. The molecule has 0 aliphatic rings. The van der Waals surface area contributed by atoms with Crippen LogP contribution in [0.3, 0.4) is 0 Å². The molecule has 0 aliphatic heterocycles. The molecule has 1 heterocycles. The number of hydrogen-bond donors (Lipinski definition) is 1. The summed E-state index contributed by atoms with van der Waals surface area (Å²) >= 11 is 0. The molecule has 19 heavy (non-hydrogen) atoms. The second-order valence-electron chi connectivity index (χ2n) is 4.32. The molecular weight excluding hydrogens is 250 g/mol.